The van der Waals surface area contributed by atoms with E-state index in [1.54, 1.807) is 13.8 Å². The molecule has 0 unspecified atom stereocenters. The van der Waals surface area contributed by atoms with Gasteiger partial charge in [-0.15, -0.1) is 0 Å². The molecule has 0 atom stereocenters. The fourth-order valence-electron chi connectivity index (χ4n) is 5.69. The number of benzene rings is 2. The number of ketones is 1. The second-order valence-electron chi connectivity index (χ2n) is 9.80. The van der Waals surface area contributed by atoms with E-state index in [0.717, 1.165) is 62.5 Å². The first-order chi connectivity index (χ1) is 15.3. The minimum Gasteiger partial charge on any atom is -0.505 e. The van der Waals surface area contributed by atoms with Crippen molar-refractivity contribution in [1.82, 2.24) is 0 Å². The SMILES string of the molecule is Cc1c(C(=O)c2cc(C3CCCCC3)c(O)c(N)c2C)cc(C2CCCCC2)c(O)c1N. The maximum Gasteiger partial charge on any atom is 0.193 e. The van der Waals surface area contributed by atoms with Gasteiger partial charge in [0.15, 0.2) is 5.78 Å². The van der Waals surface area contributed by atoms with E-state index >= 15 is 0 Å². The quantitative estimate of drug-likeness (QED) is 0.259. The van der Waals surface area contributed by atoms with Gasteiger partial charge in [0.05, 0.1) is 11.4 Å². The summed E-state index contributed by atoms with van der Waals surface area (Å²) in [7, 11) is 0. The number of anilines is 2. The van der Waals surface area contributed by atoms with Crippen molar-refractivity contribution in [3.63, 3.8) is 0 Å². The number of carbonyl (C=O) groups is 1. The largest absolute Gasteiger partial charge is 0.505 e. The van der Waals surface area contributed by atoms with E-state index in [9.17, 15) is 15.0 Å². The first kappa shape index (κ1) is 22.5. The van der Waals surface area contributed by atoms with Crippen molar-refractivity contribution in [2.24, 2.45) is 0 Å². The Kier molecular flexibility index (Phi) is 6.36. The normalized spacial score (nSPS) is 18.1. The lowest BCUT2D eigenvalue weighted by Gasteiger charge is -2.26. The van der Waals surface area contributed by atoms with Crippen LogP contribution >= 0.6 is 0 Å². The van der Waals surface area contributed by atoms with Crippen molar-refractivity contribution >= 4 is 17.2 Å². The van der Waals surface area contributed by atoms with Gasteiger partial charge in [0.25, 0.3) is 0 Å². The summed E-state index contributed by atoms with van der Waals surface area (Å²) >= 11 is 0. The average molecular weight is 437 g/mol. The Morgan fingerprint density at radius 2 is 1.06 bits per heavy atom. The van der Waals surface area contributed by atoms with Crippen LogP contribution in [0.5, 0.6) is 11.5 Å². The molecule has 0 spiro atoms. The Hall–Kier alpha value is -2.69. The van der Waals surface area contributed by atoms with E-state index in [2.05, 4.69) is 0 Å². The number of aromatic hydroxyl groups is 2. The molecule has 0 radical (unpaired) electrons. The molecule has 2 fully saturated rings. The maximum absolute atomic E-state index is 13.8. The van der Waals surface area contributed by atoms with Gasteiger partial charge < -0.3 is 21.7 Å². The number of phenolic OH excluding ortho intramolecular Hbond substituents is 2. The van der Waals surface area contributed by atoms with Crippen LogP contribution in [0.25, 0.3) is 0 Å². The van der Waals surface area contributed by atoms with Crippen molar-refractivity contribution < 1.29 is 15.0 Å². The molecule has 4 rings (SSSR count). The molecule has 2 aromatic rings. The van der Waals surface area contributed by atoms with Gasteiger partial charge in [0.1, 0.15) is 11.5 Å². The van der Waals surface area contributed by atoms with Crippen LogP contribution in [0.1, 0.15) is 114 Å². The summed E-state index contributed by atoms with van der Waals surface area (Å²) in [5, 5.41) is 21.5. The van der Waals surface area contributed by atoms with Crippen molar-refractivity contribution in [3.8, 4) is 11.5 Å². The van der Waals surface area contributed by atoms with Gasteiger partial charge in [-0.25, -0.2) is 0 Å². The predicted octanol–water partition coefficient (Wildman–Crippen LogP) is 6.21. The van der Waals surface area contributed by atoms with E-state index in [0.29, 0.717) is 22.3 Å². The van der Waals surface area contributed by atoms with Crippen molar-refractivity contribution in [3.05, 3.63) is 45.5 Å². The highest BCUT2D eigenvalue weighted by Gasteiger charge is 2.28. The van der Waals surface area contributed by atoms with Crippen LogP contribution in [0, 0.1) is 13.8 Å². The van der Waals surface area contributed by atoms with Gasteiger partial charge >= 0.3 is 0 Å². The number of nitrogen functional groups attached to an aromatic ring is 2. The van der Waals surface area contributed by atoms with Gasteiger partial charge in [-0.05, 0) is 85.8 Å². The molecular weight excluding hydrogens is 400 g/mol. The molecule has 2 aliphatic rings. The number of hydrogen-bond donors (Lipinski definition) is 4. The molecular formula is C27H36N2O3. The van der Waals surface area contributed by atoms with Gasteiger partial charge in [-0.1, -0.05) is 38.5 Å². The third-order valence-corrected chi connectivity index (χ3v) is 7.85. The standard InChI is InChI=1S/C27H36N2O3/c1-15-19(13-21(26(31)23(15)28)17-9-5-3-6-10-17)25(30)20-14-22(18-11-7-4-8-12-18)27(32)24(29)16(20)2/h13-14,17-18,31-32H,3-12,28-29H2,1-2H3. The molecule has 0 amide bonds. The third kappa shape index (κ3) is 3.94. The van der Waals surface area contributed by atoms with E-state index < -0.39 is 0 Å². The summed E-state index contributed by atoms with van der Waals surface area (Å²) in [6.45, 7) is 3.57. The molecule has 32 heavy (non-hydrogen) atoms. The molecule has 5 heteroatoms. The molecule has 6 N–H and O–H groups in total. The Balaban J connectivity index is 1.80. The second-order valence-corrected chi connectivity index (χ2v) is 9.80. The Labute approximate surface area is 190 Å². The van der Waals surface area contributed by atoms with E-state index in [1.807, 2.05) is 12.1 Å². The number of rotatable bonds is 4. The zero-order chi connectivity index (χ0) is 23.0. The van der Waals surface area contributed by atoms with Gasteiger partial charge in [-0.3, -0.25) is 4.79 Å². The van der Waals surface area contributed by atoms with Crippen LogP contribution in [0.3, 0.4) is 0 Å². The Morgan fingerprint density at radius 1 is 0.719 bits per heavy atom. The van der Waals surface area contributed by atoms with Crippen LogP contribution in [-0.4, -0.2) is 16.0 Å². The molecule has 0 aliphatic heterocycles. The monoisotopic (exact) mass is 436 g/mol. The highest BCUT2D eigenvalue weighted by Crippen LogP contribution is 2.44. The van der Waals surface area contributed by atoms with Crippen molar-refractivity contribution in [2.45, 2.75) is 89.9 Å². The summed E-state index contributed by atoms with van der Waals surface area (Å²) in [6, 6.07) is 3.70. The molecule has 0 bridgehead atoms. The van der Waals surface area contributed by atoms with Crippen LogP contribution < -0.4 is 11.5 Å². The highest BCUT2D eigenvalue weighted by molar-refractivity contribution is 6.12. The topological polar surface area (TPSA) is 110 Å². The average Bonchev–Trinajstić information content (AvgIpc) is 2.82. The van der Waals surface area contributed by atoms with Crippen LogP contribution in [0.2, 0.25) is 0 Å². The first-order valence-electron chi connectivity index (χ1n) is 12.1. The zero-order valence-electron chi connectivity index (χ0n) is 19.3. The van der Waals surface area contributed by atoms with Crippen molar-refractivity contribution in [1.29, 1.82) is 0 Å². The minimum atomic E-state index is -0.146. The smallest absolute Gasteiger partial charge is 0.193 e. The molecule has 2 saturated carbocycles. The number of carbonyl (C=O) groups excluding carboxylic acids is 1. The molecule has 2 aliphatic carbocycles. The maximum atomic E-state index is 13.8. The summed E-state index contributed by atoms with van der Waals surface area (Å²) in [5.74, 6) is 0.545. The summed E-state index contributed by atoms with van der Waals surface area (Å²) in [5.41, 5.74) is 16.9. The predicted molar refractivity (Wildman–Crippen MR) is 130 cm³/mol. The lowest BCUT2D eigenvalue weighted by Crippen LogP contribution is -2.14. The molecule has 0 saturated heterocycles. The molecule has 5 nitrogen and oxygen atoms in total. The Morgan fingerprint density at radius 3 is 1.41 bits per heavy atom. The van der Waals surface area contributed by atoms with E-state index in [1.165, 1.54) is 12.8 Å². The van der Waals surface area contributed by atoms with Crippen LogP contribution in [-0.2, 0) is 0 Å². The van der Waals surface area contributed by atoms with Crippen LogP contribution in [0.4, 0.5) is 11.4 Å². The molecule has 172 valence electrons. The lowest BCUT2D eigenvalue weighted by molar-refractivity contribution is 0.103. The van der Waals surface area contributed by atoms with Gasteiger partial charge in [-0.2, -0.15) is 0 Å². The summed E-state index contributed by atoms with van der Waals surface area (Å²) in [4.78, 5) is 13.8. The minimum absolute atomic E-state index is 0.121. The van der Waals surface area contributed by atoms with E-state index in [-0.39, 0.29) is 40.5 Å². The lowest BCUT2D eigenvalue weighted by atomic mass is 9.80. The highest BCUT2D eigenvalue weighted by atomic mass is 16.3. The number of nitrogens with two attached hydrogens (primary N) is 2. The number of phenols is 2. The Bertz CT molecular complexity index is 951. The second kappa shape index (κ2) is 9.05. The van der Waals surface area contributed by atoms with Gasteiger partial charge in [0.2, 0.25) is 0 Å². The third-order valence-electron chi connectivity index (χ3n) is 7.85. The summed E-state index contributed by atoms with van der Waals surface area (Å²) < 4.78 is 0. The number of hydrogen-bond acceptors (Lipinski definition) is 5. The first-order valence-corrected chi connectivity index (χ1v) is 12.1. The van der Waals surface area contributed by atoms with Crippen molar-refractivity contribution in [2.75, 3.05) is 11.5 Å². The molecule has 2 aromatic carbocycles. The fraction of sp³-hybridized carbons (Fsp3) is 0.519. The molecule has 0 heterocycles. The summed E-state index contributed by atoms with van der Waals surface area (Å²) in [6.07, 6.45) is 10.9. The van der Waals surface area contributed by atoms with Gasteiger partial charge in [0, 0.05) is 11.1 Å². The zero-order valence-corrected chi connectivity index (χ0v) is 19.3. The fourth-order valence-corrected chi connectivity index (χ4v) is 5.69. The van der Waals surface area contributed by atoms with Crippen LogP contribution in [0.15, 0.2) is 12.1 Å². The molecule has 0 aromatic heterocycles. The van der Waals surface area contributed by atoms with E-state index in [4.69, 9.17) is 11.5 Å².